The molecule has 2 N–H and O–H groups in total. The van der Waals surface area contributed by atoms with Crippen LogP contribution in [-0.4, -0.2) is 69.2 Å². The van der Waals surface area contributed by atoms with E-state index < -0.39 is 5.60 Å². The third-order valence-electron chi connectivity index (χ3n) is 9.88. The fraction of sp³-hybridized carbons (Fsp3) is 0.733. The molecule has 2 saturated heterocycles. The normalized spacial score (nSPS) is 34.4. The van der Waals surface area contributed by atoms with E-state index in [2.05, 4.69) is 23.6 Å². The molecule has 0 radical (unpaired) electrons. The van der Waals surface area contributed by atoms with E-state index in [0.717, 1.165) is 63.7 Å². The van der Waals surface area contributed by atoms with E-state index in [4.69, 9.17) is 4.74 Å². The molecule has 7 nitrogen and oxygen atoms in total. The number of hydrogen-bond donors (Lipinski definition) is 2. The summed E-state index contributed by atoms with van der Waals surface area (Å²) < 4.78 is 6.38. The molecule has 2 aliphatic carbocycles. The first kappa shape index (κ1) is 26.3. The van der Waals surface area contributed by atoms with Crippen LogP contribution in [0.2, 0.25) is 0 Å². The number of amides is 1. The Morgan fingerprint density at radius 2 is 1.89 bits per heavy atom. The Balaban J connectivity index is 1.43. The molecule has 1 aromatic carbocycles. The van der Waals surface area contributed by atoms with Crippen LogP contribution in [0.3, 0.4) is 0 Å². The summed E-state index contributed by atoms with van der Waals surface area (Å²) in [4.78, 5) is 30.6. The quantitative estimate of drug-likeness (QED) is 0.394. The minimum absolute atomic E-state index is 0.00158. The van der Waals surface area contributed by atoms with Crippen LogP contribution >= 0.6 is 0 Å². The van der Waals surface area contributed by atoms with Crippen LogP contribution in [0.25, 0.3) is 0 Å². The van der Waals surface area contributed by atoms with Gasteiger partial charge >= 0.3 is 5.97 Å². The Labute approximate surface area is 221 Å². The highest BCUT2D eigenvalue weighted by atomic mass is 16.6. The Bertz CT molecular complexity index is 1010. The number of phenols is 2. The number of hydrogen-bond acceptors (Lipinski definition) is 6. The van der Waals surface area contributed by atoms with Crippen molar-refractivity contribution >= 4 is 11.9 Å². The molecule has 4 fully saturated rings. The second-order valence-electron chi connectivity index (χ2n) is 12.1. The maximum absolute atomic E-state index is 13.4. The van der Waals surface area contributed by atoms with Crippen LogP contribution in [0.4, 0.5) is 0 Å². The molecule has 204 valence electrons. The molecular weight excluding hydrogens is 468 g/mol. The summed E-state index contributed by atoms with van der Waals surface area (Å²) in [6.45, 7) is 8.66. The molecule has 37 heavy (non-hydrogen) atoms. The molecule has 1 aromatic rings. The largest absolute Gasteiger partial charge is 0.504 e. The molecular formula is C30H44N2O5. The van der Waals surface area contributed by atoms with E-state index in [0.29, 0.717) is 24.2 Å². The molecule has 0 spiro atoms. The molecule has 2 heterocycles. The number of rotatable bonds is 8. The number of phenolic OH excluding ortho intramolecular Hbond substituents is 2. The predicted molar refractivity (Wildman–Crippen MR) is 141 cm³/mol. The summed E-state index contributed by atoms with van der Waals surface area (Å²) >= 11 is 0. The van der Waals surface area contributed by atoms with Crippen molar-refractivity contribution < 1.29 is 24.5 Å². The molecule has 4 aliphatic rings. The minimum Gasteiger partial charge on any atom is -0.504 e. The summed E-state index contributed by atoms with van der Waals surface area (Å²) in [5, 5.41) is 20.0. The van der Waals surface area contributed by atoms with Crippen LogP contribution in [0.1, 0.15) is 77.7 Å². The fourth-order valence-electron chi connectivity index (χ4n) is 7.79. The van der Waals surface area contributed by atoms with Gasteiger partial charge in [-0.05, 0) is 87.4 Å². The van der Waals surface area contributed by atoms with Gasteiger partial charge in [-0.3, -0.25) is 14.5 Å². The van der Waals surface area contributed by atoms with Crippen LogP contribution in [0.15, 0.2) is 18.2 Å². The number of esters is 1. The van der Waals surface area contributed by atoms with Crippen molar-refractivity contribution in [2.75, 3.05) is 19.6 Å². The second-order valence-corrected chi connectivity index (χ2v) is 12.1. The number of likely N-dealkylation sites (tertiary alicyclic amines) is 2. The smallest absolute Gasteiger partial charge is 0.303 e. The number of carbonyl (C=O) groups is 2. The third kappa shape index (κ3) is 5.08. The van der Waals surface area contributed by atoms with E-state index in [9.17, 15) is 19.8 Å². The highest BCUT2D eigenvalue weighted by Crippen LogP contribution is 2.50. The molecule has 1 amide bonds. The Morgan fingerprint density at radius 1 is 1.11 bits per heavy atom. The van der Waals surface area contributed by atoms with E-state index in [1.165, 1.54) is 19.8 Å². The lowest BCUT2D eigenvalue weighted by molar-refractivity contribution is -0.198. The van der Waals surface area contributed by atoms with Gasteiger partial charge in [-0.15, -0.1) is 0 Å². The van der Waals surface area contributed by atoms with Crippen molar-refractivity contribution in [1.82, 2.24) is 9.80 Å². The van der Waals surface area contributed by atoms with Gasteiger partial charge in [0, 0.05) is 37.9 Å². The number of nitrogens with zero attached hydrogens (tertiary/aromatic N) is 2. The lowest BCUT2D eigenvalue weighted by Crippen LogP contribution is -2.67. The molecule has 0 bridgehead atoms. The second kappa shape index (κ2) is 10.5. The zero-order valence-corrected chi connectivity index (χ0v) is 22.7. The first-order valence-electron chi connectivity index (χ1n) is 14.5. The number of ether oxygens (including phenoxy) is 1. The molecule has 2 saturated carbocycles. The van der Waals surface area contributed by atoms with Crippen molar-refractivity contribution in [3.63, 3.8) is 0 Å². The van der Waals surface area contributed by atoms with Crippen molar-refractivity contribution in [1.29, 1.82) is 0 Å². The first-order chi connectivity index (χ1) is 17.8. The number of aromatic hydroxyl groups is 2. The van der Waals surface area contributed by atoms with Gasteiger partial charge < -0.3 is 19.8 Å². The highest BCUT2D eigenvalue weighted by Gasteiger charge is 2.57. The lowest BCUT2D eigenvalue weighted by atomic mass is 9.64. The maximum Gasteiger partial charge on any atom is 0.303 e. The number of fused-ring (bicyclic) bond motifs is 1. The van der Waals surface area contributed by atoms with Crippen molar-refractivity contribution in [2.45, 2.75) is 96.2 Å². The van der Waals surface area contributed by atoms with E-state index in [1.807, 2.05) is 6.07 Å². The Morgan fingerprint density at radius 3 is 2.51 bits per heavy atom. The van der Waals surface area contributed by atoms with Crippen LogP contribution in [-0.2, 0) is 20.7 Å². The maximum atomic E-state index is 13.4. The van der Waals surface area contributed by atoms with Gasteiger partial charge in [0.2, 0.25) is 5.91 Å². The third-order valence-corrected chi connectivity index (χ3v) is 9.88. The molecule has 6 atom stereocenters. The van der Waals surface area contributed by atoms with E-state index in [-0.39, 0.29) is 41.4 Å². The van der Waals surface area contributed by atoms with Crippen LogP contribution in [0, 0.1) is 23.7 Å². The Kier molecular flexibility index (Phi) is 7.45. The predicted octanol–water partition coefficient (Wildman–Crippen LogP) is 4.49. The molecule has 0 aromatic heterocycles. The van der Waals surface area contributed by atoms with Gasteiger partial charge in [0.05, 0.1) is 6.04 Å². The molecule has 7 heteroatoms. The summed E-state index contributed by atoms with van der Waals surface area (Å²) in [5.41, 5.74) is 0.321. The van der Waals surface area contributed by atoms with E-state index in [1.54, 1.807) is 12.1 Å². The summed E-state index contributed by atoms with van der Waals surface area (Å²) in [5.74, 6) is 1.31. The average molecular weight is 513 g/mol. The molecule has 2 aliphatic heterocycles. The zero-order valence-electron chi connectivity index (χ0n) is 22.7. The minimum atomic E-state index is -0.611. The molecule has 5 rings (SSSR count). The van der Waals surface area contributed by atoms with Crippen molar-refractivity contribution in [3.8, 4) is 11.5 Å². The zero-order chi connectivity index (χ0) is 26.3. The van der Waals surface area contributed by atoms with Gasteiger partial charge in [-0.2, -0.15) is 0 Å². The van der Waals surface area contributed by atoms with Gasteiger partial charge in [0.1, 0.15) is 5.60 Å². The topological polar surface area (TPSA) is 90.3 Å². The summed E-state index contributed by atoms with van der Waals surface area (Å²) in [6, 6.07) is 5.25. The van der Waals surface area contributed by atoms with Gasteiger partial charge in [-0.25, -0.2) is 0 Å². The summed E-state index contributed by atoms with van der Waals surface area (Å²) in [7, 11) is 0. The summed E-state index contributed by atoms with van der Waals surface area (Å²) in [6.07, 6.45) is 8.52. The first-order valence-corrected chi connectivity index (χ1v) is 14.5. The van der Waals surface area contributed by atoms with Gasteiger partial charge in [-0.1, -0.05) is 26.3 Å². The number of piperidine rings is 1. The van der Waals surface area contributed by atoms with Crippen molar-refractivity contribution in [2.24, 2.45) is 23.7 Å². The van der Waals surface area contributed by atoms with Crippen LogP contribution < -0.4 is 0 Å². The van der Waals surface area contributed by atoms with Crippen molar-refractivity contribution in [3.05, 3.63) is 23.8 Å². The Hall–Kier alpha value is -2.28. The monoisotopic (exact) mass is 512 g/mol. The number of carbonyl (C=O) groups excluding carboxylic acids is 2. The highest BCUT2D eigenvalue weighted by molar-refractivity contribution is 5.81. The SMILES string of the molecule is CCC1CN(C2CCC3(OC(C)=O)C(CCN(CC4CC4)[C@@H]3Cc3ccc(O)c(O)c3)C2)C(=O)C1CC. The van der Waals surface area contributed by atoms with E-state index >= 15 is 0 Å². The van der Waals surface area contributed by atoms with Gasteiger partial charge in [0.25, 0.3) is 0 Å². The standard InChI is InChI=1S/C30H44N2O5/c1-4-22-18-32(29(36)25(22)5-2)24-10-12-30(37-19(3)33)23(16-24)11-13-31(17-20-6-7-20)28(30)15-21-8-9-26(34)27(35)14-21/h8-9,14,20,22-25,28,34-35H,4-7,10-13,15-18H2,1-3H3/t22?,23?,24?,25?,28-,30?/m1/s1. The fourth-order valence-corrected chi connectivity index (χ4v) is 7.79. The number of benzene rings is 1. The van der Waals surface area contributed by atoms with Crippen LogP contribution in [0.5, 0.6) is 11.5 Å². The molecule has 5 unspecified atom stereocenters. The van der Waals surface area contributed by atoms with Gasteiger partial charge in [0.15, 0.2) is 11.5 Å². The lowest BCUT2D eigenvalue weighted by Gasteiger charge is -2.57. The average Bonchev–Trinajstić information content (AvgIpc) is 3.63.